The van der Waals surface area contributed by atoms with Gasteiger partial charge in [0.1, 0.15) is 48.6 Å². The minimum absolute atomic E-state index is 0.0197. The van der Waals surface area contributed by atoms with Gasteiger partial charge in [0.05, 0.1) is 13.7 Å². The smallest absolute Gasteiger partial charge is 0.303 e. The van der Waals surface area contributed by atoms with E-state index in [1.807, 2.05) is 6.07 Å². The number of fused-ring (bicyclic) bond motifs is 1. The molecular formula is C34H39N3O15. The number of azide groups is 1. The number of hydrogen-bond acceptors (Lipinski definition) is 16. The lowest BCUT2D eigenvalue weighted by Gasteiger charge is -2.50. The fourth-order valence-electron chi connectivity index (χ4n) is 6.02. The molecule has 0 amide bonds. The topological polar surface area (TPSA) is 219 Å². The number of carbonyl (C=O) groups is 4. The van der Waals surface area contributed by atoms with Crippen molar-refractivity contribution >= 4 is 23.9 Å². The molecule has 2 aromatic rings. The van der Waals surface area contributed by atoms with Crippen LogP contribution in [-0.4, -0.2) is 106 Å². The number of nitrogens with zero attached hydrogens (tertiary/aromatic N) is 3. The minimum atomic E-state index is -1.64. The van der Waals surface area contributed by atoms with Gasteiger partial charge >= 0.3 is 23.9 Å². The first-order chi connectivity index (χ1) is 25.0. The molecule has 2 aromatic carbocycles. The summed E-state index contributed by atoms with van der Waals surface area (Å²) in [5.74, 6) is -2.25. The first kappa shape index (κ1) is 38.3. The molecule has 11 unspecified atom stereocenters. The van der Waals surface area contributed by atoms with Crippen LogP contribution >= 0.6 is 0 Å². The third-order valence-electron chi connectivity index (χ3n) is 8.12. The second-order valence-electron chi connectivity index (χ2n) is 11.9. The molecule has 0 saturated carbocycles. The van der Waals surface area contributed by atoms with Crippen LogP contribution in [0.3, 0.4) is 0 Å². The summed E-state index contributed by atoms with van der Waals surface area (Å²) in [6.45, 7) is 3.97. The molecule has 5 rings (SSSR count). The van der Waals surface area contributed by atoms with Gasteiger partial charge in [0.25, 0.3) is 0 Å². The highest BCUT2D eigenvalue weighted by atomic mass is 16.8. The molecule has 3 fully saturated rings. The van der Waals surface area contributed by atoms with Crippen LogP contribution in [0, 0.1) is 0 Å². The zero-order chi connectivity index (χ0) is 37.4. The molecular weight excluding hydrogens is 690 g/mol. The Morgan fingerprint density at radius 2 is 1.40 bits per heavy atom. The molecule has 0 spiro atoms. The normalized spacial score (nSPS) is 31.1. The van der Waals surface area contributed by atoms with Crippen LogP contribution in [-0.2, 0) is 61.8 Å². The lowest BCUT2D eigenvalue weighted by atomic mass is 9.94. The van der Waals surface area contributed by atoms with Gasteiger partial charge in [-0.15, -0.1) is 0 Å². The molecule has 0 radical (unpaired) electrons. The summed E-state index contributed by atoms with van der Waals surface area (Å²) in [5, 5.41) is 3.99. The number of esters is 4. The van der Waals surface area contributed by atoms with Gasteiger partial charge in [-0.3, -0.25) is 19.2 Å². The summed E-state index contributed by atoms with van der Waals surface area (Å²) in [6.07, 6.45) is -12.8. The van der Waals surface area contributed by atoms with Crippen molar-refractivity contribution in [3.8, 4) is 11.5 Å². The Morgan fingerprint density at radius 3 is 2.02 bits per heavy atom. The van der Waals surface area contributed by atoms with Crippen molar-refractivity contribution in [2.24, 2.45) is 5.11 Å². The Bertz CT molecular complexity index is 1600. The third-order valence-corrected chi connectivity index (χ3v) is 8.12. The van der Waals surface area contributed by atoms with Crippen LogP contribution in [0.4, 0.5) is 0 Å². The Morgan fingerprint density at radius 1 is 0.769 bits per heavy atom. The lowest BCUT2D eigenvalue weighted by molar-refractivity contribution is -0.370. The Balaban J connectivity index is 1.56. The van der Waals surface area contributed by atoms with Crippen LogP contribution in [0.2, 0.25) is 0 Å². The van der Waals surface area contributed by atoms with Crippen molar-refractivity contribution in [2.75, 3.05) is 20.3 Å². The molecule has 3 heterocycles. The van der Waals surface area contributed by atoms with Crippen LogP contribution in [0.5, 0.6) is 11.5 Å². The van der Waals surface area contributed by atoms with E-state index in [-0.39, 0.29) is 6.61 Å². The van der Waals surface area contributed by atoms with Gasteiger partial charge in [-0.05, 0) is 29.8 Å². The van der Waals surface area contributed by atoms with E-state index in [0.717, 1.165) is 27.7 Å². The van der Waals surface area contributed by atoms with Crippen molar-refractivity contribution < 1.29 is 71.3 Å². The van der Waals surface area contributed by atoms with E-state index in [1.165, 1.54) is 7.11 Å². The second kappa shape index (κ2) is 17.5. The van der Waals surface area contributed by atoms with Gasteiger partial charge < -0.3 is 52.1 Å². The molecule has 18 heteroatoms. The molecule has 0 bridgehead atoms. The van der Waals surface area contributed by atoms with Crippen molar-refractivity contribution in [3.05, 3.63) is 70.6 Å². The van der Waals surface area contributed by atoms with Crippen LogP contribution in [0.25, 0.3) is 10.4 Å². The molecule has 11 atom stereocenters. The summed E-state index contributed by atoms with van der Waals surface area (Å²) in [4.78, 5) is 52.0. The quantitative estimate of drug-likeness (QED) is 0.101. The molecule has 280 valence electrons. The average Bonchev–Trinajstić information content (AvgIpc) is 3.11. The summed E-state index contributed by atoms with van der Waals surface area (Å²) in [6, 6.07) is 14.3. The SMILES string of the molecule is COc1ccc(OC2OC3COC(c4ccccc4)OC3C(OC3OC(COC(C)=O)C(OC(C)=O)C(OC(C)=O)C3OC(C)=O)C2N=[N+]=[N-])cc1. The van der Waals surface area contributed by atoms with Crippen LogP contribution < -0.4 is 9.47 Å². The van der Waals surface area contributed by atoms with Gasteiger partial charge in [0.2, 0.25) is 6.29 Å². The van der Waals surface area contributed by atoms with E-state index in [0.29, 0.717) is 17.1 Å². The number of ether oxygens (including phenoxy) is 11. The molecule has 18 nitrogen and oxygen atoms in total. The van der Waals surface area contributed by atoms with Gasteiger partial charge in [0, 0.05) is 38.2 Å². The molecule has 3 aliphatic rings. The zero-order valence-corrected chi connectivity index (χ0v) is 28.9. The Kier molecular flexibility index (Phi) is 12.9. The van der Waals surface area contributed by atoms with E-state index in [1.54, 1.807) is 48.5 Å². The van der Waals surface area contributed by atoms with Crippen LogP contribution in [0.15, 0.2) is 59.7 Å². The van der Waals surface area contributed by atoms with E-state index in [2.05, 4.69) is 10.0 Å². The first-order valence-corrected chi connectivity index (χ1v) is 16.3. The molecule has 0 N–H and O–H groups in total. The second-order valence-corrected chi connectivity index (χ2v) is 11.9. The lowest BCUT2D eigenvalue weighted by Crippen LogP contribution is -2.67. The molecule has 0 aromatic heterocycles. The molecule has 3 saturated heterocycles. The summed E-state index contributed by atoms with van der Waals surface area (Å²) in [5.41, 5.74) is 10.4. The maximum Gasteiger partial charge on any atom is 0.303 e. The molecule has 52 heavy (non-hydrogen) atoms. The average molecular weight is 730 g/mol. The highest BCUT2D eigenvalue weighted by Crippen LogP contribution is 2.40. The summed E-state index contributed by atoms with van der Waals surface area (Å²) in [7, 11) is 1.51. The molecule has 0 aliphatic carbocycles. The van der Waals surface area contributed by atoms with Crippen molar-refractivity contribution in [1.82, 2.24) is 0 Å². The predicted molar refractivity (Wildman–Crippen MR) is 172 cm³/mol. The zero-order valence-electron chi connectivity index (χ0n) is 28.9. The number of methoxy groups -OCH3 is 1. The number of benzene rings is 2. The Hall–Kier alpha value is -4.97. The molecule has 3 aliphatic heterocycles. The number of hydrogen-bond donors (Lipinski definition) is 0. The van der Waals surface area contributed by atoms with Gasteiger partial charge in [-0.2, -0.15) is 0 Å². The minimum Gasteiger partial charge on any atom is -0.497 e. The predicted octanol–water partition coefficient (Wildman–Crippen LogP) is 3.06. The largest absolute Gasteiger partial charge is 0.497 e. The van der Waals surface area contributed by atoms with Crippen LogP contribution in [0.1, 0.15) is 39.5 Å². The maximum atomic E-state index is 12.5. The van der Waals surface area contributed by atoms with Gasteiger partial charge in [-0.25, -0.2) is 0 Å². The van der Waals surface area contributed by atoms with Gasteiger partial charge in [-0.1, -0.05) is 35.4 Å². The van der Waals surface area contributed by atoms with E-state index in [9.17, 15) is 24.7 Å². The van der Waals surface area contributed by atoms with E-state index in [4.69, 9.17) is 52.1 Å². The standard InChI is InChI=1S/C34H39N3O15/c1-17(38)43-15-24-28(45-18(2)39)30(46-19(3)40)31(47-20(4)41)34(50-24)52-29-26(36-37-35)33(48-23-13-11-22(42-5)12-14-23)49-25-16-44-32(51-27(25)29)21-9-7-6-8-10-21/h6-14,24-34H,15-16H2,1-5H3. The Labute approximate surface area is 298 Å². The first-order valence-electron chi connectivity index (χ1n) is 16.3. The maximum absolute atomic E-state index is 12.5. The van der Waals surface area contributed by atoms with Crippen molar-refractivity contribution in [2.45, 2.75) is 95.3 Å². The highest BCUT2D eigenvalue weighted by Gasteiger charge is 2.57. The van der Waals surface area contributed by atoms with Crippen molar-refractivity contribution in [3.63, 3.8) is 0 Å². The van der Waals surface area contributed by atoms with E-state index >= 15 is 0 Å². The van der Waals surface area contributed by atoms with Crippen molar-refractivity contribution in [1.29, 1.82) is 0 Å². The number of carbonyl (C=O) groups excluding carboxylic acids is 4. The third kappa shape index (κ3) is 9.47. The number of rotatable bonds is 12. The summed E-state index contributed by atoms with van der Waals surface area (Å²) < 4.78 is 64.7. The monoisotopic (exact) mass is 729 g/mol. The highest BCUT2D eigenvalue weighted by molar-refractivity contribution is 5.68. The fraction of sp³-hybridized carbons (Fsp3) is 0.529. The van der Waals surface area contributed by atoms with Gasteiger partial charge in [0.15, 0.2) is 30.9 Å². The summed E-state index contributed by atoms with van der Waals surface area (Å²) >= 11 is 0. The van der Waals surface area contributed by atoms with E-state index < -0.39 is 98.1 Å². The fourth-order valence-corrected chi connectivity index (χ4v) is 6.02.